The summed E-state index contributed by atoms with van der Waals surface area (Å²) in [7, 11) is 0. The fourth-order valence-electron chi connectivity index (χ4n) is 4.42. The second kappa shape index (κ2) is 9.68. The molecule has 1 saturated heterocycles. The van der Waals surface area contributed by atoms with Gasteiger partial charge in [0.1, 0.15) is 23.4 Å². The van der Waals surface area contributed by atoms with Crippen LogP contribution in [0.5, 0.6) is 17.4 Å². The lowest BCUT2D eigenvalue weighted by atomic mass is 9.98. The molecule has 0 unspecified atom stereocenters. The number of rotatable bonds is 5. The number of ether oxygens (including phenoxy) is 3. The Morgan fingerprint density at radius 3 is 2.61 bits per heavy atom. The number of piperidine rings is 1. The van der Waals surface area contributed by atoms with Crippen LogP contribution in [0.1, 0.15) is 39.2 Å². The van der Waals surface area contributed by atoms with E-state index >= 15 is 0 Å². The fraction of sp³-hybridized carbons (Fsp3) is 0.393. The van der Waals surface area contributed by atoms with Crippen LogP contribution in [0.2, 0.25) is 0 Å². The van der Waals surface area contributed by atoms with E-state index in [4.69, 9.17) is 14.2 Å². The maximum absolute atomic E-state index is 12.3. The van der Waals surface area contributed by atoms with Gasteiger partial charge in [0.05, 0.1) is 17.5 Å². The van der Waals surface area contributed by atoms with E-state index in [0.717, 1.165) is 46.1 Å². The van der Waals surface area contributed by atoms with Gasteiger partial charge in [-0.15, -0.1) is 0 Å². The molecule has 8 nitrogen and oxygen atoms in total. The topological polar surface area (TPSA) is 89.6 Å². The summed E-state index contributed by atoms with van der Waals surface area (Å²) in [4.78, 5) is 26.1. The molecule has 1 fully saturated rings. The molecule has 0 aliphatic carbocycles. The van der Waals surface area contributed by atoms with Crippen LogP contribution in [-0.2, 0) is 4.74 Å². The van der Waals surface area contributed by atoms with Crippen LogP contribution in [-0.4, -0.2) is 51.2 Å². The zero-order valence-electron chi connectivity index (χ0n) is 21.2. The molecular weight excluding hydrogens is 456 g/mol. The summed E-state index contributed by atoms with van der Waals surface area (Å²) in [5, 5.41) is 1.94. The Balaban J connectivity index is 1.20. The van der Waals surface area contributed by atoms with E-state index in [1.54, 1.807) is 4.90 Å². The molecule has 1 aliphatic heterocycles. The van der Waals surface area contributed by atoms with Crippen molar-refractivity contribution in [3.8, 4) is 17.4 Å². The predicted molar refractivity (Wildman–Crippen MR) is 139 cm³/mol. The summed E-state index contributed by atoms with van der Waals surface area (Å²) in [6, 6.07) is 11.7. The van der Waals surface area contributed by atoms with Gasteiger partial charge in [-0.3, -0.25) is 0 Å². The number of H-pyrrole nitrogens is 1. The van der Waals surface area contributed by atoms with E-state index < -0.39 is 5.60 Å². The van der Waals surface area contributed by atoms with Crippen molar-refractivity contribution in [1.82, 2.24) is 19.9 Å². The molecule has 1 amide bonds. The van der Waals surface area contributed by atoms with E-state index in [2.05, 4.69) is 21.9 Å². The van der Waals surface area contributed by atoms with E-state index in [-0.39, 0.29) is 6.09 Å². The van der Waals surface area contributed by atoms with Gasteiger partial charge < -0.3 is 24.1 Å². The first-order valence-corrected chi connectivity index (χ1v) is 12.4. The number of aromatic nitrogens is 3. The van der Waals surface area contributed by atoms with Crippen LogP contribution >= 0.6 is 0 Å². The number of hydrogen-bond acceptors (Lipinski definition) is 6. The third kappa shape index (κ3) is 5.37. The number of nitrogens with zero attached hydrogens (tertiary/aromatic N) is 3. The van der Waals surface area contributed by atoms with Gasteiger partial charge in [0, 0.05) is 36.3 Å². The van der Waals surface area contributed by atoms with Gasteiger partial charge in [-0.2, -0.15) is 0 Å². The maximum atomic E-state index is 12.3. The van der Waals surface area contributed by atoms with Gasteiger partial charge in [-0.25, -0.2) is 14.8 Å². The lowest BCUT2D eigenvalue weighted by molar-refractivity contribution is 0.0165. The fourth-order valence-corrected chi connectivity index (χ4v) is 4.42. The number of fused-ring (bicyclic) bond motifs is 2. The van der Waals surface area contributed by atoms with Crippen LogP contribution in [0.3, 0.4) is 0 Å². The first kappa shape index (κ1) is 23.9. The molecule has 36 heavy (non-hydrogen) atoms. The Hall–Kier alpha value is -3.81. The molecule has 0 saturated carbocycles. The van der Waals surface area contributed by atoms with Crippen LogP contribution < -0.4 is 9.47 Å². The van der Waals surface area contributed by atoms with E-state index in [0.29, 0.717) is 31.5 Å². The van der Waals surface area contributed by atoms with Crippen molar-refractivity contribution in [2.45, 2.75) is 46.1 Å². The van der Waals surface area contributed by atoms with Crippen LogP contribution in [0.4, 0.5) is 4.79 Å². The molecule has 188 valence electrons. The first-order valence-electron chi connectivity index (χ1n) is 12.4. The summed E-state index contributed by atoms with van der Waals surface area (Å²) in [6.45, 7) is 9.69. The van der Waals surface area contributed by atoms with Crippen LogP contribution in [0.25, 0.3) is 21.8 Å². The van der Waals surface area contributed by atoms with Gasteiger partial charge in [0.2, 0.25) is 5.88 Å². The summed E-state index contributed by atoms with van der Waals surface area (Å²) >= 11 is 0. The molecule has 1 N–H and O–H groups in total. The monoisotopic (exact) mass is 488 g/mol. The molecule has 0 bridgehead atoms. The average molecular weight is 489 g/mol. The van der Waals surface area contributed by atoms with Crippen molar-refractivity contribution in [1.29, 1.82) is 0 Å². The Morgan fingerprint density at radius 2 is 1.83 bits per heavy atom. The number of carbonyl (C=O) groups excluding carboxylic acids is 1. The lowest BCUT2D eigenvalue weighted by Crippen LogP contribution is -2.42. The number of amides is 1. The number of hydrogen-bond donors (Lipinski definition) is 1. The molecule has 8 heteroatoms. The quantitative estimate of drug-likeness (QED) is 0.358. The normalized spacial score (nSPS) is 14.8. The van der Waals surface area contributed by atoms with Crippen molar-refractivity contribution in [3.05, 3.63) is 54.5 Å². The van der Waals surface area contributed by atoms with Crippen LogP contribution in [0.15, 0.2) is 48.9 Å². The summed E-state index contributed by atoms with van der Waals surface area (Å²) in [5.74, 6) is 2.37. The van der Waals surface area contributed by atoms with Crippen molar-refractivity contribution >= 4 is 27.9 Å². The molecule has 5 rings (SSSR count). The molecule has 2 aromatic heterocycles. The number of carbonyl (C=O) groups is 1. The molecular formula is C28H32N4O4. The zero-order valence-corrected chi connectivity index (χ0v) is 21.2. The van der Waals surface area contributed by atoms with Gasteiger partial charge in [-0.05, 0) is 82.3 Å². The second-order valence-electron chi connectivity index (χ2n) is 10.4. The average Bonchev–Trinajstić information content (AvgIpc) is 3.22. The summed E-state index contributed by atoms with van der Waals surface area (Å²) < 4.78 is 17.7. The predicted octanol–water partition coefficient (Wildman–Crippen LogP) is 6.24. The molecule has 2 aromatic carbocycles. The SMILES string of the molecule is Cc1c[nH]c2ccc(Oc3ncnc4cc(OCC5CCN(C(=O)OC(C)(C)C)CC5)ccc34)cc12. The van der Waals surface area contributed by atoms with Crippen molar-refractivity contribution in [2.24, 2.45) is 5.92 Å². The molecule has 0 atom stereocenters. The van der Waals surface area contributed by atoms with Crippen molar-refractivity contribution < 1.29 is 19.0 Å². The second-order valence-corrected chi connectivity index (χ2v) is 10.4. The summed E-state index contributed by atoms with van der Waals surface area (Å²) in [5.41, 5.74) is 2.53. The lowest BCUT2D eigenvalue weighted by Gasteiger charge is -2.33. The smallest absolute Gasteiger partial charge is 0.410 e. The van der Waals surface area contributed by atoms with Crippen molar-refractivity contribution in [3.63, 3.8) is 0 Å². The van der Waals surface area contributed by atoms with Gasteiger partial charge in [-0.1, -0.05) is 0 Å². The largest absolute Gasteiger partial charge is 0.493 e. The number of benzene rings is 2. The number of aromatic amines is 1. The van der Waals surface area contributed by atoms with Crippen LogP contribution in [0, 0.1) is 12.8 Å². The first-order chi connectivity index (χ1) is 17.2. The van der Waals surface area contributed by atoms with Gasteiger partial charge in [0.25, 0.3) is 0 Å². The maximum Gasteiger partial charge on any atom is 0.410 e. The minimum absolute atomic E-state index is 0.239. The number of nitrogens with one attached hydrogen (secondary N) is 1. The molecule has 3 heterocycles. The Morgan fingerprint density at radius 1 is 1.06 bits per heavy atom. The third-order valence-electron chi connectivity index (χ3n) is 6.40. The van der Waals surface area contributed by atoms with Crippen molar-refractivity contribution in [2.75, 3.05) is 19.7 Å². The number of likely N-dealkylation sites (tertiary alicyclic amines) is 1. The zero-order chi connectivity index (χ0) is 25.3. The van der Waals surface area contributed by atoms with E-state index in [9.17, 15) is 4.79 Å². The third-order valence-corrected chi connectivity index (χ3v) is 6.40. The Labute approximate surface area is 210 Å². The van der Waals surface area contributed by atoms with E-state index in [1.165, 1.54) is 11.9 Å². The highest BCUT2D eigenvalue weighted by molar-refractivity contribution is 5.86. The highest BCUT2D eigenvalue weighted by atomic mass is 16.6. The highest BCUT2D eigenvalue weighted by Gasteiger charge is 2.27. The Bertz CT molecular complexity index is 1380. The summed E-state index contributed by atoms with van der Waals surface area (Å²) in [6.07, 6.45) is 5.03. The van der Waals surface area contributed by atoms with Gasteiger partial charge in [0.15, 0.2) is 0 Å². The van der Waals surface area contributed by atoms with E-state index in [1.807, 2.05) is 63.4 Å². The van der Waals surface area contributed by atoms with Gasteiger partial charge >= 0.3 is 6.09 Å². The highest BCUT2D eigenvalue weighted by Crippen LogP contribution is 2.31. The molecule has 4 aromatic rings. The minimum Gasteiger partial charge on any atom is -0.493 e. The minimum atomic E-state index is -0.476. The number of aryl methyl sites for hydroxylation is 1. The Kier molecular flexibility index (Phi) is 6.43. The standard InChI is InChI=1S/C28H32N4O4/c1-18-15-29-24-8-6-21(13-23(18)24)35-26-22-7-5-20(14-25(22)30-17-31-26)34-16-19-9-11-32(12-10-19)27(33)36-28(2,3)4/h5-8,13-15,17,19,29H,9-12,16H2,1-4H3. The molecule has 1 aliphatic rings. The molecule has 0 radical (unpaired) electrons. The molecule has 0 spiro atoms.